The highest BCUT2D eigenvalue weighted by Crippen LogP contribution is 2.33. The van der Waals surface area contributed by atoms with Crippen LogP contribution in [0, 0.1) is 24.6 Å². The van der Waals surface area contributed by atoms with E-state index >= 15 is 0 Å². The number of halogens is 1. The molecule has 6 heteroatoms. The van der Waals surface area contributed by atoms with Gasteiger partial charge >= 0.3 is 0 Å². The molecule has 1 aliphatic carbocycles. The van der Waals surface area contributed by atoms with Crippen LogP contribution in [-0.2, 0) is 11.2 Å². The van der Waals surface area contributed by atoms with Crippen LogP contribution in [0.1, 0.15) is 36.8 Å². The van der Waals surface area contributed by atoms with Crippen LogP contribution in [0.2, 0.25) is 0 Å². The Kier molecular flexibility index (Phi) is 5.14. The average molecular weight is 360 g/mol. The quantitative estimate of drug-likeness (QED) is 0.665. The molecule has 1 aromatic rings. The van der Waals surface area contributed by atoms with Gasteiger partial charge in [0.25, 0.3) is 0 Å². The van der Waals surface area contributed by atoms with Crippen LogP contribution >= 0.6 is 0 Å². The number of aryl methyl sites for hydroxylation is 1. The van der Waals surface area contributed by atoms with Crippen molar-refractivity contribution in [3.8, 4) is 0 Å². The summed E-state index contributed by atoms with van der Waals surface area (Å²) in [5, 5.41) is 13.3. The van der Waals surface area contributed by atoms with Crippen LogP contribution in [0.4, 0.5) is 10.1 Å². The molecule has 1 aromatic carbocycles. The average Bonchev–Trinajstić information content (AvgIpc) is 3.13. The summed E-state index contributed by atoms with van der Waals surface area (Å²) in [5.41, 5.74) is 2.43. The zero-order valence-corrected chi connectivity index (χ0v) is 15.4. The number of amides is 1. The first-order chi connectivity index (χ1) is 12.6. The Morgan fingerprint density at radius 3 is 2.77 bits per heavy atom. The van der Waals surface area contributed by atoms with Gasteiger partial charge in [-0.1, -0.05) is 12.5 Å². The summed E-state index contributed by atoms with van der Waals surface area (Å²) in [7, 11) is 0. The van der Waals surface area contributed by atoms with Gasteiger partial charge in [-0.3, -0.25) is 4.79 Å². The van der Waals surface area contributed by atoms with E-state index in [0.717, 1.165) is 50.3 Å². The minimum atomic E-state index is -0.362. The minimum absolute atomic E-state index is 0.00513. The molecule has 3 atom stereocenters. The molecule has 0 spiro atoms. The van der Waals surface area contributed by atoms with Gasteiger partial charge in [0.1, 0.15) is 11.9 Å². The summed E-state index contributed by atoms with van der Waals surface area (Å²) >= 11 is 0. The van der Waals surface area contributed by atoms with E-state index in [9.17, 15) is 9.18 Å². The van der Waals surface area contributed by atoms with Gasteiger partial charge in [0.05, 0.1) is 0 Å². The van der Waals surface area contributed by atoms with Gasteiger partial charge in [0.15, 0.2) is 0 Å². The number of rotatable bonds is 3. The molecule has 1 unspecified atom stereocenters. The minimum Gasteiger partial charge on any atom is -0.373 e. The maximum absolute atomic E-state index is 14.0. The van der Waals surface area contributed by atoms with Crippen molar-refractivity contribution in [2.24, 2.45) is 11.8 Å². The summed E-state index contributed by atoms with van der Waals surface area (Å²) in [4.78, 5) is 12.8. The first kappa shape index (κ1) is 17.7. The molecule has 1 saturated heterocycles. The van der Waals surface area contributed by atoms with E-state index in [1.807, 2.05) is 6.92 Å². The van der Waals surface area contributed by atoms with Gasteiger partial charge in [-0.05, 0) is 49.7 Å². The standard InChI is InChI=1S/C20H29FN4O/c1-12-5-6-17(21)16-8-18(25-19(12)16)20(26)24-15-4-2-3-13(7-15)14-9-22-11-23-10-14/h5-6,13-15,18,22-23,25H,2-4,7-11H2,1H3,(H,24,26)/t13-,15-,18?/m0/s1. The zero-order chi connectivity index (χ0) is 18.1. The Hall–Kier alpha value is -1.66. The molecule has 142 valence electrons. The topological polar surface area (TPSA) is 65.2 Å². The Labute approximate surface area is 154 Å². The Balaban J connectivity index is 1.35. The number of carbonyl (C=O) groups is 1. The summed E-state index contributed by atoms with van der Waals surface area (Å²) < 4.78 is 14.0. The van der Waals surface area contributed by atoms with Crippen LogP contribution < -0.4 is 21.3 Å². The van der Waals surface area contributed by atoms with Crippen LogP contribution in [0.25, 0.3) is 0 Å². The van der Waals surface area contributed by atoms with Crippen molar-refractivity contribution in [1.29, 1.82) is 0 Å². The van der Waals surface area contributed by atoms with Crippen LogP contribution in [-0.4, -0.2) is 37.7 Å². The number of nitrogens with one attached hydrogen (secondary N) is 4. The highest BCUT2D eigenvalue weighted by atomic mass is 19.1. The monoisotopic (exact) mass is 360 g/mol. The van der Waals surface area contributed by atoms with Crippen molar-refractivity contribution in [3.05, 3.63) is 29.1 Å². The third-order valence-electron chi connectivity index (χ3n) is 6.30. The number of fused-ring (bicyclic) bond motifs is 1. The lowest BCUT2D eigenvalue weighted by molar-refractivity contribution is -0.122. The maximum atomic E-state index is 14.0. The van der Waals surface area contributed by atoms with Gasteiger partial charge in [-0.25, -0.2) is 4.39 Å². The molecule has 4 rings (SSSR count). The van der Waals surface area contributed by atoms with E-state index in [1.54, 1.807) is 6.07 Å². The third-order valence-corrected chi connectivity index (χ3v) is 6.30. The van der Waals surface area contributed by atoms with Crippen molar-refractivity contribution in [2.45, 2.75) is 51.1 Å². The predicted octanol–water partition coefficient (Wildman–Crippen LogP) is 1.91. The fourth-order valence-electron chi connectivity index (χ4n) is 4.83. The van der Waals surface area contributed by atoms with Gasteiger partial charge < -0.3 is 21.3 Å². The Bertz CT molecular complexity index is 643. The number of hydrogen-bond donors (Lipinski definition) is 4. The van der Waals surface area contributed by atoms with Gasteiger partial charge in [0.2, 0.25) is 5.91 Å². The van der Waals surface area contributed by atoms with Crippen molar-refractivity contribution < 1.29 is 9.18 Å². The largest absolute Gasteiger partial charge is 0.373 e. The molecule has 5 nitrogen and oxygen atoms in total. The molecule has 2 aliphatic heterocycles. The van der Waals surface area contributed by atoms with Crippen molar-refractivity contribution in [2.75, 3.05) is 25.1 Å². The SMILES string of the molecule is Cc1ccc(F)c2c1NC(C(=O)N[C@H]1CCC[C@H](C3CNCNC3)C1)C2. The number of benzene rings is 1. The lowest BCUT2D eigenvalue weighted by Crippen LogP contribution is -2.50. The number of carbonyl (C=O) groups excluding carboxylic acids is 1. The molecular formula is C20H29FN4O. The van der Waals surface area contributed by atoms with Crippen LogP contribution in [0.3, 0.4) is 0 Å². The van der Waals surface area contributed by atoms with Gasteiger partial charge in [-0.15, -0.1) is 0 Å². The summed E-state index contributed by atoms with van der Waals surface area (Å²) in [6.07, 6.45) is 4.94. The fourth-order valence-corrected chi connectivity index (χ4v) is 4.83. The van der Waals surface area contributed by atoms with E-state index < -0.39 is 0 Å². The maximum Gasteiger partial charge on any atom is 0.243 e. The molecule has 4 N–H and O–H groups in total. The lowest BCUT2D eigenvalue weighted by atomic mass is 9.77. The molecule has 26 heavy (non-hydrogen) atoms. The van der Waals surface area contributed by atoms with E-state index in [1.165, 1.54) is 12.5 Å². The highest BCUT2D eigenvalue weighted by molar-refractivity contribution is 5.88. The van der Waals surface area contributed by atoms with Gasteiger partial charge in [0, 0.05) is 43.5 Å². The molecule has 1 amide bonds. The Morgan fingerprint density at radius 1 is 1.19 bits per heavy atom. The van der Waals surface area contributed by atoms with Crippen molar-refractivity contribution >= 4 is 11.6 Å². The van der Waals surface area contributed by atoms with E-state index in [-0.39, 0.29) is 23.8 Å². The second-order valence-electron chi connectivity index (χ2n) is 8.10. The molecule has 0 radical (unpaired) electrons. The zero-order valence-electron chi connectivity index (χ0n) is 15.4. The lowest BCUT2D eigenvalue weighted by Gasteiger charge is -2.37. The third kappa shape index (κ3) is 3.58. The molecule has 0 bridgehead atoms. The first-order valence-electron chi connectivity index (χ1n) is 9.88. The van der Waals surface area contributed by atoms with Gasteiger partial charge in [-0.2, -0.15) is 0 Å². The van der Waals surface area contributed by atoms with E-state index in [0.29, 0.717) is 23.8 Å². The van der Waals surface area contributed by atoms with E-state index in [2.05, 4.69) is 21.3 Å². The summed E-state index contributed by atoms with van der Waals surface area (Å²) in [6.45, 7) is 4.98. The first-order valence-corrected chi connectivity index (χ1v) is 9.88. The summed E-state index contributed by atoms with van der Waals surface area (Å²) in [6, 6.07) is 3.13. The second kappa shape index (κ2) is 7.53. The normalized spacial score (nSPS) is 29.1. The van der Waals surface area contributed by atoms with Crippen LogP contribution in [0.15, 0.2) is 12.1 Å². The smallest absolute Gasteiger partial charge is 0.243 e. The molecule has 3 aliphatic rings. The molecular weight excluding hydrogens is 331 g/mol. The molecule has 2 fully saturated rings. The molecule has 2 heterocycles. The highest BCUT2D eigenvalue weighted by Gasteiger charge is 2.34. The molecule has 1 saturated carbocycles. The van der Waals surface area contributed by atoms with Crippen LogP contribution in [0.5, 0.6) is 0 Å². The predicted molar refractivity (Wildman–Crippen MR) is 101 cm³/mol. The van der Waals surface area contributed by atoms with Crippen molar-refractivity contribution in [1.82, 2.24) is 16.0 Å². The van der Waals surface area contributed by atoms with Crippen molar-refractivity contribution in [3.63, 3.8) is 0 Å². The fraction of sp³-hybridized carbons (Fsp3) is 0.650. The summed E-state index contributed by atoms with van der Waals surface area (Å²) in [5.74, 6) is 1.09. The Morgan fingerprint density at radius 2 is 2.00 bits per heavy atom. The number of anilines is 1. The molecule has 0 aromatic heterocycles. The second-order valence-corrected chi connectivity index (χ2v) is 8.10. The van der Waals surface area contributed by atoms with E-state index in [4.69, 9.17) is 0 Å². The number of hydrogen-bond acceptors (Lipinski definition) is 4.